The Morgan fingerprint density at radius 1 is 1.50 bits per heavy atom. The van der Waals surface area contributed by atoms with Crippen molar-refractivity contribution in [3.8, 4) is 11.8 Å². The maximum Gasteiger partial charge on any atom is 0.275 e. The molecule has 0 radical (unpaired) electrons. The topological polar surface area (TPSA) is 43.1 Å². The van der Waals surface area contributed by atoms with Crippen molar-refractivity contribution in [2.24, 2.45) is 0 Å². The van der Waals surface area contributed by atoms with Crippen LogP contribution >= 0.6 is 0 Å². The highest BCUT2D eigenvalue weighted by Crippen LogP contribution is 2.05. The van der Waals surface area contributed by atoms with Crippen molar-refractivity contribution < 1.29 is 4.92 Å². The normalized spacial score (nSPS) is 10.2. The Balaban J connectivity index is 4.01. The Hall–Kier alpha value is -1.04. The summed E-state index contributed by atoms with van der Waals surface area (Å²) in [5.74, 6) is 5.46. The van der Waals surface area contributed by atoms with Crippen molar-refractivity contribution in [1.82, 2.24) is 0 Å². The van der Waals surface area contributed by atoms with Gasteiger partial charge >= 0.3 is 0 Å². The van der Waals surface area contributed by atoms with Gasteiger partial charge in [-0.15, -0.1) is 0 Å². The molecule has 0 unspecified atom stereocenters. The molecule has 0 aromatic carbocycles. The minimum absolute atomic E-state index is 0.355. The molecule has 0 aliphatic heterocycles. The van der Waals surface area contributed by atoms with Crippen LogP contribution in [0.25, 0.3) is 0 Å². The van der Waals surface area contributed by atoms with E-state index in [2.05, 4.69) is 18.8 Å². The van der Waals surface area contributed by atoms with E-state index in [1.807, 2.05) is 0 Å². The average Bonchev–Trinajstić information content (AvgIpc) is 1.98. The minimum atomic E-state index is -1.09. The summed E-state index contributed by atoms with van der Waals surface area (Å²) in [7, 11) is 0. The van der Waals surface area contributed by atoms with Crippen molar-refractivity contribution in [3.05, 3.63) is 10.1 Å². The molecule has 0 saturated heterocycles. The van der Waals surface area contributed by atoms with Gasteiger partial charge in [0.05, 0.1) is 0 Å². The Bertz CT molecular complexity index is 210. The van der Waals surface area contributed by atoms with Gasteiger partial charge in [-0.25, -0.2) is 0 Å². The van der Waals surface area contributed by atoms with Gasteiger partial charge in [-0.3, -0.25) is 10.1 Å². The van der Waals surface area contributed by atoms with Crippen molar-refractivity contribution in [2.75, 3.05) is 0 Å². The van der Waals surface area contributed by atoms with E-state index in [1.165, 1.54) is 13.8 Å². The summed E-state index contributed by atoms with van der Waals surface area (Å²) in [6.07, 6.45) is 2.85. The lowest BCUT2D eigenvalue weighted by Gasteiger charge is -2.05. The molecular weight excluding hydrogens is 154 g/mol. The van der Waals surface area contributed by atoms with E-state index in [4.69, 9.17) is 0 Å². The zero-order chi connectivity index (χ0) is 9.61. The van der Waals surface area contributed by atoms with E-state index in [-0.39, 0.29) is 4.92 Å². The Morgan fingerprint density at radius 2 is 2.08 bits per heavy atom. The standard InChI is InChI=1S/C9H15NO2/c1-4-5-6-7-8-9(2,3)10(11)12/h4-6H2,1-3H3. The molecule has 12 heavy (non-hydrogen) atoms. The maximum atomic E-state index is 10.4. The van der Waals surface area contributed by atoms with Gasteiger partial charge in [0.1, 0.15) is 0 Å². The molecule has 0 bridgehead atoms. The van der Waals surface area contributed by atoms with Crippen LogP contribution in [-0.2, 0) is 0 Å². The molecule has 3 heteroatoms. The third kappa shape index (κ3) is 3.97. The summed E-state index contributed by atoms with van der Waals surface area (Å²) in [4.78, 5) is 10.0. The van der Waals surface area contributed by atoms with Crippen molar-refractivity contribution in [2.45, 2.75) is 45.6 Å². The first-order valence-corrected chi connectivity index (χ1v) is 4.15. The predicted octanol–water partition coefficient (Wildman–Crippen LogP) is 2.24. The van der Waals surface area contributed by atoms with Crippen LogP contribution in [-0.4, -0.2) is 10.5 Å². The van der Waals surface area contributed by atoms with Gasteiger partial charge < -0.3 is 0 Å². The molecule has 0 fully saturated rings. The highest BCUT2D eigenvalue weighted by atomic mass is 16.6. The van der Waals surface area contributed by atoms with E-state index in [1.54, 1.807) is 0 Å². The monoisotopic (exact) mass is 169 g/mol. The largest absolute Gasteiger partial charge is 0.275 e. The van der Waals surface area contributed by atoms with Crippen LogP contribution in [0.15, 0.2) is 0 Å². The lowest BCUT2D eigenvalue weighted by molar-refractivity contribution is -0.542. The number of hydrogen-bond acceptors (Lipinski definition) is 2. The molecule has 0 heterocycles. The molecule has 0 aliphatic carbocycles. The van der Waals surface area contributed by atoms with E-state index in [0.717, 1.165) is 19.3 Å². The molecule has 0 amide bonds. The minimum Gasteiger partial charge on any atom is -0.263 e. The van der Waals surface area contributed by atoms with Gasteiger partial charge in [-0.1, -0.05) is 19.3 Å². The van der Waals surface area contributed by atoms with E-state index < -0.39 is 5.54 Å². The van der Waals surface area contributed by atoms with E-state index >= 15 is 0 Å². The van der Waals surface area contributed by atoms with Crippen LogP contribution in [0.5, 0.6) is 0 Å². The Kier molecular flexibility index (Phi) is 4.35. The van der Waals surface area contributed by atoms with Crippen LogP contribution < -0.4 is 0 Å². The second-order valence-corrected chi connectivity index (χ2v) is 3.22. The molecule has 0 aliphatic rings. The fourth-order valence-corrected chi connectivity index (χ4v) is 0.590. The number of hydrogen-bond donors (Lipinski definition) is 0. The summed E-state index contributed by atoms with van der Waals surface area (Å²) >= 11 is 0. The summed E-state index contributed by atoms with van der Waals surface area (Å²) in [6.45, 7) is 5.11. The molecule has 3 nitrogen and oxygen atoms in total. The van der Waals surface area contributed by atoms with Gasteiger partial charge in [-0.2, -0.15) is 0 Å². The second kappa shape index (κ2) is 4.76. The van der Waals surface area contributed by atoms with Gasteiger partial charge in [0.25, 0.3) is 5.54 Å². The second-order valence-electron chi connectivity index (χ2n) is 3.22. The molecule has 0 aromatic rings. The number of unbranched alkanes of at least 4 members (excludes halogenated alkanes) is 2. The third-order valence-electron chi connectivity index (χ3n) is 1.51. The van der Waals surface area contributed by atoms with Crippen LogP contribution in [0.3, 0.4) is 0 Å². The molecular formula is C9H15NO2. The van der Waals surface area contributed by atoms with Crippen LogP contribution in [0.2, 0.25) is 0 Å². The highest BCUT2D eigenvalue weighted by molar-refractivity contribution is 5.10. The zero-order valence-electron chi connectivity index (χ0n) is 7.89. The van der Waals surface area contributed by atoms with Crippen LogP contribution in [0.1, 0.15) is 40.0 Å². The lowest BCUT2D eigenvalue weighted by Crippen LogP contribution is -2.28. The summed E-state index contributed by atoms with van der Waals surface area (Å²) in [6, 6.07) is 0. The lowest BCUT2D eigenvalue weighted by atomic mass is 10.1. The first kappa shape index (κ1) is 11.0. The Labute approximate surface area is 73.3 Å². The first-order valence-electron chi connectivity index (χ1n) is 4.15. The van der Waals surface area contributed by atoms with E-state index in [9.17, 15) is 10.1 Å². The summed E-state index contributed by atoms with van der Waals surface area (Å²) in [5.41, 5.74) is -1.09. The highest BCUT2D eigenvalue weighted by Gasteiger charge is 2.26. The van der Waals surface area contributed by atoms with Gasteiger partial charge in [0.15, 0.2) is 0 Å². The number of rotatable bonds is 3. The fourth-order valence-electron chi connectivity index (χ4n) is 0.590. The molecule has 0 aromatic heterocycles. The molecule has 0 spiro atoms. The third-order valence-corrected chi connectivity index (χ3v) is 1.51. The summed E-state index contributed by atoms with van der Waals surface area (Å²) in [5, 5.41) is 10.4. The van der Waals surface area contributed by atoms with Crippen LogP contribution in [0.4, 0.5) is 0 Å². The molecule has 0 N–H and O–H groups in total. The smallest absolute Gasteiger partial charge is 0.263 e. The first-order chi connectivity index (χ1) is 5.50. The zero-order valence-corrected chi connectivity index (χ0v) is 7.89. The predicted molar refractivity (Wildman–Crippen MR) is 48.4 cm³/mol. The SMILES string of the molecule is CCCCC#CC(C)(C)[N+](=O)[O-]. The van der Waals surface area contributed by atoms with Crippen molar-refractivity contribution >= 4 is 0 Å². The fraction of sp³-hybridized carbons (Fsp3) is 0.778. The Morgan fingerprint density at radius 3 is 2.50 bits per heavy atom. The quantitative estimate of drug-likeness (QED) is 0.281. The molecule has 0 saturated carbocycles. The average molecular weight is 169 g/mol. The molecule has 0 atom stereocenters. The van der Waals surface area contributed by atoms with Crippen molar-refractivity contribution in [3.63, 3.8) is 0 Å². The van der Waals surface area contributed by atoms with Gasteiger partial charge in [0, 0.05) is 25.2 Å². The van der Waals surface area contributed by atoms with Crippen molar-refractivity contribution in [1.29, 1.82) is 0 Å². The number of nitro groups is 1. The number of nitrogens with zero attached hydrogens (tertiary/aromatic N) is 1. The molecule has 0 rings (SSSR count). The van der Waals surface area contributed by atoms with Gasteiger partial charge in [-0.05, 0) is 12.3 Å². The van der Waals surface area contributed by atoms with Gasteiger partial charge in [0.2, 0.25) is 0 Å². The summed E-state index contributed by atoms with van der Waals surface area (Å²) < 4.78 is 0. The maximum absolute atomic E-state index is 10.4. The molecule has 68 valence electrons. The van der Waals surface area contributed by atoms with Crippen LogP contribution in [0, 0.1) is 22.0 Å². The van der Waals surface area contributed by atoms with E-state index in [0.29, 0.717) is 0 Å².